The first-order chi connectivity index (χ1) is 9.07. The molecule has 9 heteroatoms. The Morgan fingerprint density at radius 2 is 1.50 bits per heavy atom. The summed E-state index contributed by atoms with van der Waals surface area (Å²) in [5, 5.41) is 0. The Bertz CT molecular complexity index is 466. The molecule has 0 aliphatic carbocycles. The van der Waals surface area contributed by atoms with Gasteiger partial charge in [-0.2, -0.15) is 26.3 Å². The van der Waals surface area contributed by atoms with Crippen molar-refractivity contribution in [3.8, 4) is 0 Å². The molecule has 2 rings (SSSR count). The monoisotopic (exact) mass is 298 g/mol. The number of halogens is 6. The van der Waals surface area contributed by atoms with Crippen LogP contribution in [0.15, 0.2) is 18.2 Å². The molecule has 110 valence electrons. The molecule has 20 heavy (non-hydrogen) atoms. The minimum absolute atomic E-state index is 0.0713. The van der Waals surface area contributed by atoms with E-state index in [0.29, 0.717) is 12.1 Å². The largest absolute Gasteiger partial charge is 0.494 e. The molecule has 0 amide bonds. The minimum Gasteiger partial charge on any atom is -0.405 e. The van der Waals surface area contributed by atoms with Crippen LogP contribution in [0.4, 0.5) is 26.3 Å². The summed E-state index contributed by atoms with van der Waals surface area (Å²) in [4.78, 5) is 0. The molecule has 0 N–H and O–H groups in total. The third-order valence-corrected chi connectivity index (χ3v) is 2.72. The van der Waals surface area contributed by atoms with Gasteiger partial charge < -0.3 is 9.31 Å². The van der Waals surface area contributed by atoms with Crippen molar-refractivity contribution in [2.75, 3.05) is 6.61 Å². The van der Waals surface area contributed by atoms with Crippen LogP contribution in [0.3, 0.4) is 0 Å². The van der Waals surface area contributed by atoms with Gasteiger partial charge in [0.15, 0.2) is 0 Å². The number of hydrogen-bond acceptors (Lipinski definition) is 2. The van der Waals surface area contributed by atoms with E-state index in [4.69, 9.17) is 9.31 Å². The van der Waals surface area contributed by atoms with Crippen LogP contribution < -0.4 is 5.46 Å². The van der Waals surface area contributed by atoms with Gasteiger partial charge in [-0.25, -0.2) is 0 Å². The summed E-state index contributed by atoms with van der Waals surface area (Å²) in [5.41, 5.74) is -3.06. The van der Waals surface area contributed by atoms with E-state index in [2.05, 4.69) is 0 Å². The van der Waals surface area contributed by atoms with E-state index in [-0.39, 0.29) is 24.2 Å². The molecule has 0 saturated carbocycles. The average Bonchev–Trinajstić information content (AvgIpc) is 2.73. The molecular weight excluding hydrogens is 289 g/mol. The van der Waals surface area contributed by atoms with Crippen molar-refractivity contribution in [2.24, 2.45) is 0 Å². The van der Waals surface area contributed by atoms with Gasteiger partial charge in [0, 0.05) is 0 Å². The number of rotatable bonds is 1. The van der Waals surface area contributed by atoms with Gasteiger partial charge in [0.25, 0.3) is 0 Å². The normalized spacial score (nSPS) is 20.6. The molecular formula is C11H9BF6O2. The van der Waals surface area contributed by atoms with Crippen LogP contribution in [0.5, 0.6) is 0 Å². The predicted octanol–water partition coefficient (Wildman–Crippen LogP) is 2.85. The molecule has 2 nitrogen and oxygen atoms in total. The zero-order valence-corrected chi connectivity index (χ0v) is 10.2. The zero-order valence-electron chi connectivity index (χ0n) is 10.2. The molecule has 0 bridgehead atoms. The van der Waals surface area contributed by atoms with Crippen molar-refractivity contribution in [1.82, 2.24) is 0 Å². The van der Waals surface area contributed by atoms with Crippen molar-refractivity contribution in [2.45, 2.75) is 25.4 Å². The predicted molar refractivity (Wildman–Crippen MR) is 58.3 cm³/mol. The summed E-state index contributed by atoms with van der Waals surface area (Å²) in [6.45, 7) is 1.72. The van der Waals surface area contributed by atoms with Gasteiger partial charge in [0.2, 0.25) is 0 Å². The highest BCUT2D eigenvalue weighted by Crippen LogP contribution is 2.34. The Morgan fingerprint density at radius 3 is 1.85 bits per heavy atom. The Morgan fingerprint density at radius 1 is 1.00 bits per heavy atom. The lowest BCUT2D eigenvalue weighted by Gasteiger charge is -2.15. The lowest BCUT2D eigenvalue weighted by molar-refractivity contribution is -0.142. The smallest absolute Gasteiger partial charge is 0.405 e. The molecule has 1 atom stereocenters. The Balaban J connectivity index is 2.46. The van der Waals surface area contributed by atoms with Crippen LogP contribution in [0, 0.1) is 0 Å². The fraction of sp³-hybridized carbons (Fsp3) is 0.455. The average molecular weight is 298 g/mol. The molecule has 1 fully saturated rings. The summed E-state index contributed by atoms with van der Waals surface area (Å²) in [6, 6.07) is 1.29. The first-order valence-corrected chi connectivity index (χ1v) is 5.64. The third-order valence-electron chi connectivity index (χ3n) is 2.72. The van der Waals surface area contributed by atoms with Crippen LogP contribution in [0.25, 0.3) is 0 Å². The first kappa shape index (κ1) is 15.2. The highest BCUT2D eigenvalue weighted by Gasteiger charge is 2.40. The van der Waals surface area contributed by atoms with Crippen LogP contribution in [0.1, 0.15) is 18.1 Å². The van der Waals surface area contributed by atoms with Crippen LogP contribution in [0.2, 0.25) is 0 Å². The zero-order chi connectivity index (χ0) is 15.1. The highest BCUT2D eigenvalue weighted by atomic mass is 19.4. The Kier molecular flexibility index (Phi) is 3.76. The summed E-state index contributed by atoms with van der Waals surface area (Å²) >= 11 is 0. The lowest BCUT2D eigenvalue weighted by atomic mass is 9.77. The molecule has 1 heterocycles. The van der Waals surface area contributed by atoms with E-state index in [9.17, 15) is 26.3 Å². The third kappa shape index (κ3) is 3.27. The summed E-state index contributed by atoms with van der Waals surface area (Å²) < 4.78 is 86.1. The topological polar surface area (TPSA) is 18.5 Å². The second-order valence-corrected chi connectivity index (χ2v) is 4.45. The number of alkyl halides is 6. The fourth-order valence-electron chi connectivity index (χ4n) is 1.80. The molecule has 0 aromatic heterocycles. The van der Waals surface area contributed by atoms with Crippen molar-refractivity contribution < 1.29 is 35.7 Å². The van der Waals surface area contributed by atoms with E-state index in [1.807, 2.05) is 0 Å². The quantitative estimate of drug-likeness (QED) is 0.586. The van der Waals surface area contributed by atoms with Crippen molar-refractivity contribution in [3.63, 3.8) is 0 Å². The number of hydrogen-bond donors (Lipinski definition) is 0. The van der Waals surface area contributed by atoms with Gasteiger partial charge in [-0.1, -0.05) is 12.1 Å². The number of benzene rings is 1. The van der Waals surface area contributed by atoms with Crippen molar-refractivity contribution in [3.05, 3.63) is 29.3 Å². The van der Waals surface area contributed by atoms with Gasteiger partial charge >= 0.3 is 19.5 Å². The minimum atomic E-state index is -4.87. The lowest BCUT2D eigenvalue weighted by Crippen LogP contribution is -2.34. The Hall–Kier alpha value is -1.22. The molecule has 1 aromatic rings. The SMILES string of the molecule is CC1COB(c2cc(C(F)(F)F)cc(C(F)(F)F)c2)O1. The second kappa shape index (κ2) is 4.96. The van der Waals surface area contributed by atoms with Gasteiger partial charge in [0.05, 0.1) is 23.8 Å². The van der Waals surface area contributed by atoms with E-state index in [0.717, 1.165) is 0 Å². The molecule has 1 aliphatic rings. The summed E-state index contributed by atoms with van der Waals surface area (Å²) in [7, 11) is -1.21. The van der Waals surface area contributed by atoms with E-state index >= 15 is 0 Å². The van der Waals surface area contributed by atoms with Crippen molar-refractivity contribution in [1.29, 1.82) is 0 Å². The highest BCUT2D eigenvalue weighted by molar-refractivity contribution is 6.61. The standard InChI is InChI=1S/C11H9BF6O2/c1-6-5-19-12(20-6)9-3-7(10(13,14)15)2-8(4-9)11(16,17)18/h2-4,6H,5H2,1H3. The summed E-state index contributed by atoms with van der Waals surface area (Å²) in [6.07, 6.45) is -10.1. The van der Waals surface area contributed by atoms with E-state index < -0.39 is 30.6 Å². The second-order valence-electron chi connectivity index (χ2n) is 4.45. The molecule has 0 radical (unpaired) electrons. The molecule has 1 aliphatic heterocycles. The maximum absolute atomic E-state index is 12.7. The van der Waals surface area contributed by atoms with Crippen LogP contribution >= 0.6 is 0 Å². The van der Waals surface area contributed by atoms with Crippen LogP contribution in [-0.4, -0.2) is 19.8 Å². The maximum atomic E-state index is 12.7. The van der Waals surface area contributed by atoms with E-state index in [1.54, 1.807) is 6.92 Å². The Labute approximate surface area is 110 Å². The maximum Gasteiger partial charge on any atom is 0.494 e. The van der Waals surface area contributed by atoms with Crippen LogP contribution in [-0.2, 0) is 21.7 Å². The fourth-order valence-corrected chi connectivity index (χ4v) is 1.80. The van der Waals surface area contributed by atoms with Gasteiger partial charge in [0.1, 0.15) is 0 Å². The van der Waals surface area contributed by atoms with Crippen molar-refractivity contribution >= 4 is 12.6 Å². The molecule has 1 aromatic carbocycles. The molecule has 1 saturated heterocycles. The van der Waals surface area contributed by atoms with Gasteiger partial charge in [-0.3, -0.25) is 0 Å². The van der Waals surface area contributed by atoms with E-state index in [1.165, 1.54) is 0 Å². The van der Waals surface area contributed by atoms with Gasteiger partial charge in [-0.15, -0.1) is 0 Å². The first-order valence-electron chi connectivity index (χ1n) is 5.64. The summed E-state index contributed by atoms with van der Waals surface area (Å²) in [5.74, 6) is 0. The van der Waals surface area contributed by atoms with Gasteiger partial charge in [-0.05, 0) is 18.5 Å². The molecule has 0 spiro atoms. The molecule has 1 unspecified atom stereocenters.